The van der Waals surface area contributed by atoms with Crippen LogP contribution in [-0.4, -0.2) is 24.7 Å². The molecule has 3 aromatic rings. The van der Waals surface area contributed by atoms with Crippen LogP contribution in [0.2, 0.25) is 0 Å². The first kappa shape index (κ1) is 20.7. The van der Waals surface area contributed by atoms with Gasteiger partial charge in [-0.3, -0.25) is 4.79 Å². The number of carbonyl (C=O) groups excluding carboxylic acids is 1. The van der Waals surface area contributed by atoms with Gasteiger partial charge in [0.1, 0.15) is 18.2 Å². The van der Waals surface area contributed by atoms with Crippen LogP contribution >= 0.6 is 0 Å². The van der Waals surface area contributed by atoms with E-state index in [1.54, 1.807) is 25.1 Å². The Morgan fingerprint density at radius 1 is 1.17 bits per heavy atom. The van der Waals surface area contributed by atoms with Crippen LogP contribution in [0.5, 0.6) is 11.5 Å². The Morgan fingerprint density at radius 3 is 2.70 bits per heavy atom. The van der Waals surface area contributed by atoms with Crippen LogP contribution in [-0.2, 0) is 16.1 Å². The Balaban J connectivity index is 1.86. The Bertz CT molecular complexity index is 1200. The fraction of sp³-hybridized carbons (Fsp3) is 0.174. The minimum atomic E-state index is -0.680. The summed E-state index contributed by atoms with van der Waals surface area (Å²) in [5.41, 5.74) is 1.75. The summed E-state index contributed by atoms with van der Waals surface area (Å²) in [6, 6.07) is 15.9. The average molecular weight is 404 g/mol. The normalized spacial score (nSPS) is 11.0. The number of para-hydroxylation sites is 1. The highest BCUT2D eigenvalue weighted by Gasteiger charge is 2.12. The third-order valence-electron chi connectivity index (χ3n) is 4.33. The molecule has 0 amide bonds. The SMILES string of the molecule is CCOC(=O)C(C#N)=Cc1ccc(OCc2cc(=O)[nH]c3ccccc23)c(OC)c1. The second-order valence-corrected chi connectivity index (χ2v) is 6.29. The van der Waals surface area contributed by atoms with Crippen molar-refractivity contribution in [1.82, 2.24) is 4.98 Å². The lowest BCUT2D eigenvalue weighted by Crippen LogP contribution is -2.08. The van der Waals surface area contributed by atoms with Crippen molar-refractivity contribution in [3.8, 4) is 17.6 Å². The van der Waals surface area contributed by atoms with Gasteiger partial charge in [0.25, 0.3) is 0 Å². The Labute approximate surface area is 173 Å². The van der Waals surface area contributed by atoms with E-state index in [1.165, 1.54) is 19.3 Å². The number of H-pyrrole nitrogens is 1. The molecular weight excluding hydrogens is 384 g/mol. The molecular formula is C23H20N2O5. The van der Waals surface area contributed by atoms with Crippen molar-refractivity contribution >= 4 is 22.9 Å². The van der Waals surface area contributed by atoms with Gasteiger partial charge >= 0.3 is 5.97 Å². The summed E-state index contributed by atoms with van der Waals surface area (Å²) >= 11 is 0. The first-order valence-electron chi connectivity index (χ1n) is 9.26. The first-order valence-corrected chi connectivity index (χ1v) is 9.26. The van der Waals surface area contributed by atoms with E-state index in [1.807, 2.05) is 30.3 Å². The number of aromatic nitrogens is 1. The van der Waals surface area contributed by atoms with Crippen molar-refractivity contribution in [2.45, 2.75) is 13.5 Å². The van der Waals surface area contributed by atoms with E-state index in [9.17, 15) is 14.9 Å². The maximum atomic E-state index is 11.9. The number of fused-ring (bicyclic) bond motifs is 1. The largest absolute Gasteiger partial charge is 0.493 e. The molecule has 0 unspecified atom stereocenters. The number of pyridine rings is 1. The highest BCUT2D eigenvalue weighted by Crippen LogP contribution is 2.30. The van der Waals surface area contributed by atoms with Crippen molar-refractivity contribution in [2.24, 2.45) is 0 Å². The molecule has 0 radical (unpaired) electrons. The molecule has 152 valence electrons. The molecule has 0 spiro atoms. The van der Waals surface area contributed by atoms with Gasteiger partial charge in [-0.2, -0.15) is 5.26 Å². The van der Waals surface area contributed by atoms with E-state index < -0.39 is 5.97 Å². The number of hydrogen-bond acceptors (Lipinski definition) is 6. The third kappa shape index (κ3) is 4.67. The highest BCUT2D eigenvalue weighted by atomic mass is 16.5. The monoisotopic (exact) mass is 404 g/mol. The maximum Gasteiger partial charge on any atom is 0.348 e. The van der Waals surface area contributed by atoms with Gasteiger partial charge in [-0.1, -0.05) is 24.3 Å². The fourth-order valence-corrected chi connectivity index (χ4v) is 2.96. The van der Waals surface area contributed by atoms with Crippen LogP contribution in [0.15, 0.2) is 58.9 Å². The number of ether oxygens (including phenoxy) is 3. The zero-order chi connectivity index (χ0) is 21.5. The molecule has 0 saturated heterocycles. The van der Waals surface area contributed by atoms with E-state index in [2.05, 4.69) is 4.98 Å². The van der Waals surface area contributed by atoms with Gasteiger partial charge in [0.2, 0.25) is 5.56 Å². The standard InChI is InChI=1S/C23H20N2O5/c1-3-29-23(27)16(13-24)10-15-8-9-20(21(11-15)28-2)30-14-17-12-22(26)25-19-7-5-4-6-18(17)19/h4-12H,3,14H2,1-2H3,(H,25,26). The Kier molecular flexibility index (Phi) is 6.50. The van der Waals surface area contributed by atoms with Gasteiger partial charge in [-0.05, 0) is 36.8 Å². The van der Waals surface area contributed by atoms with Crippen molar-refractivity contribution < 1.29 is 19.0 Å². The topological polar surface area (TPSA) is 101 Å². The van der Waals surface area contributed by atoms with Gasteiger partial charge in [0.15, 0.2) is 11.5 Å². The van der Waals surface area contributed by atoms with Crippen molar-refractivity contribution in [3.05, 3.63) is 75.6 Å². The van der Waals surface area contributed by atoms with Gasteiger partial charge in [0.05, 0.1) is 13.7 Å². The second kappa shape index (κ2) is 9.43. The predicted molar refractivity (Wildman–Crippen MR) is 112 cm³/mol. The molecule has 7 heteroatoms. The molecule has 0 saturated carbocycles. The van der Waals surface area contributed by atoms with E-state index in [0.717, 1.165) is 16.5 Å². The van der Waals surface area contributed by atoms with E-state index in [-0.39, 0.29) is 24.3 Å². The molecule has 0 atom stereocenters. The predicted octanol–water partition coefficient (Wildman–Crippen LogP) is 3.59. The zero-order valence-electron chi connectivity index (χ0n) is 16.6. The van der Waals surface area contributed by atoms with Crippen molar-refractivity contribution in [3.63, 3.8) is 0 Å². The zero-order valence-corrected chi connectivity index (χ0v) is 16.6. The van der Waals surface area contributed by atoms with Crippen LogP contribution in [0, 0.1) is 11.3 Å². The second-order valence-electron chi connectivity index (χ2n) is 6.29. The van der Waals surface area contributed by atoms with Gasteiger partial charge in [0, 0.05) is 22.5 Å². The molecule has 1 aromatic heterocycles. The number of esters is 1. The fourth-order valence-electron chi connectivity index (χ4n) is 2.96. The molecule has 3 rings (SSSR count). The van der Waals surface area contributed by atoms with Gasteiger partial charge in [-0.15, -0.1) is 0 Å². The number of nitriles is 1. The molecule has 7 nitrogen and oxygen atoms in total. The lowest BCUT2D eigenvalue weighted by Gasteiger charge is -2.12. The first-order chi connectivity index (χ1) is 14.5. The molecule has 0 fully saturated rings. The van der Waals surface area contributed by atoms with Crippen LogP contribution in [0.3, 0.4) is 0 Å². The molecule has 30 heavy (non-hydrogen) atoms. The summed E-state index contributed by atoms with van der Waals surface area (Å²) in [6.07, 6.45) is 1.43. The molecule has 0 aliphatic rings. The molecule has 0 aliphatic heterocycles. The highest BCUT2D eigenvalue weighted by molar-refractivity contribution is 5.98. The molecule has 2 aromatic carbocycles. The Morgan fingerprint density at radius 2 is 1.97 bits per heavy atom. The molecule has 0 aliphatic carbocycles. The minimum absolute atomic E-state index is 0.109. The number of nitrogens with one attached hydrogen (secondary N) is 1. The number of benzene rings is 2. The molecule has 0 bridgehead atoms. The number of rotatable bonds is 7. The average Bonchev–Trinajstić information content (AvgIpc) is 2.76. The van der Waals surface area contributed by atoms with E-state index in [4.69, 9.17) is 14.2 Å². The smallest absolute Gasteiger partial charge is 0.348 e. The lowest BCUT2D eigenvalue weighted by atomic mass is 10.1. The quantitative estimate of drug-likeness (QED) is 0.367. The minimum Gasteiger partial charge on any atom is -0.493 e. The van der Waals surface area contributed by atoms with E-state index in [0.29, 0.717) is 17.1 Å². The lowest BCUT2D eigenvalue weighted by molar-refractivity contribution is -0.137. The van der Waals surface area contributed by atoms with Crippen molar-refractivity contribution in [1.29, 1.82) is 5.26 Å². The van der Waals surface area contributed by atoms with Gasteiger partial charge in [-0.25, -0.2) is 4.79 Å². The number of hydrogen-bond donors (Lipinski definition) is 1. The molecule has 1 N–H and O–H groups in total. The summed E-state index contributed by atoms with van der Waals surface area (Å²) in [4.78, 5) is 26.5. The summed E-state index contributed by atoms with van der Waals surface area (Å²) in [5.74, 6) is 0.216. The summed E-state index contributed by atoms with van der Waals surface area (Å²) in [6.45, 7) is 2.03. The van der Waals surface area contributed by atoms with Gasteiger partial charge < -0.3 is 19.2 Å². The number of methoxy groups -OCH3 is 1. The number of nitrogens with zero attached hydrogens (tertiary/aromatic N) is 1. The molecule has 1 heterocycles. The Hall–Kier alpha value is -4.05. The van der Waals surface area contributed by atoms with Crippen LogP contribution in [0.1, 0.15) is 18.1 Å². The van der Waals surface area contributed by atoms with Crippen LogP contribution in [0.25, 0.3) is 17.0 Å². The maximum absolute atomic E-state index is 11.9. The van der Waals surface area contributed by atoms with Crippen LogP contribution in [0.4, 0.5) is 0 Å². The van der Waals surface area contributed by atoms with Crippen LogP contribution < -0.4 is 15.0 Å². The number of carbonyl (C=O) groups is 1. The summed E-state index contributed by atoms with van der Waals surface area (Å²) in [7, 11) is 1.49. The summed E-state index contributed by atoms with van der Waals surface area (Å²) < 4.78 is 16.1. The van der Waals surface area contributed by atoms with E-state index >= 15 is 0 Å². The third-order valence-corrected chi connectivity index (χ3v) is 4.33. The van der Waals surface area contributed by atoms with Crippen molar-refractivity contribution in [2.75, 3.05) is 13.7 Å². The summed E-state index contributed by atoms with van der Waals surface area (Å²) in [5, 5.41) is 10.1. The number of aromatic amines is 1.